The van der Waals surface area contributed by atoms with Crippen molar-refractivity contribution in [3.63, 3.8) is 0 Å². The summed E-state index contributed by atoms with van der Waals surface area (Å²) in [5, 5.41) is 6.58. The minimum Gasteiger partial charge on any atom is -0.384 e. The lowest BCUT2D eigenvalue weighted by Crippen LogP contribution is -2.06. The summed E-state index contributed by atoms with van der Waals surface area (Å²) in [6, 6.07) is 6.05. The summed E-state index contributed by atoms with van der Waals surface area (Å²) in [6.07, 6.45) is 1.11. The zero-order valence-corrected chi connectivity index (χ0v) is 10.5. The van der Waals surface area contributed by atoms with Gasteiger partial charge in [0, 0.05) is 12.6 Å². The minimum atomic E-state index is 0.675. The Kier molecular flexibility index (Phi) is 3.29. The smallest absolute Gasteiger partial charge is 0.122 e. The van der Waals surface area contributed by atoms with Gasteiger partial charge in [0.2, 0.25) is 0 Å². The average molecular weight is 235 g/mol. The molecule has 2 N–H and O–H groups in total. The van der Waals surface area contributed by atoms with Gasteiger partial charge in [0.05, 0.1) is 4.88 Å². The van der Waals surface area contributed by atoms with E-state index in [9.17, 15) is 0 Å². The highest BCUT2D eigenvalue weighted by Gasteiger charge is 2.08. The molecule has 2 heterocycles. The van der Waals surface area contributed by atoms with Crippen LogP contribution in [0.5, 0.6) is 0 Å². The Morgan fingerprint density at radius 1 is 1.50 bits per heavy atom. The van der Waals surface area contributed by atoms with Gasteiger partial charge in [-0.2, -0.15) is 5.10 Å². The van der Waals surface area contributed by atoms with E-state index < -0.39 is 0 Å². The number of rotatable bonds is 4. The number of hydrogen-bond acceptors (Lipinski definition) is 3. The summed E-state index contributed by atoms with van der Waals surface area (Å²) < 4.78 is 1.90. The Balaban J connectivity index is 2.16. The second kappa shape index (κ2) is 4.70. The number of anilines is 1. The first-order chi connectivity index (χ1) is 7.66. The molecule has 2 rings (SSSR count). The fourth-order valence-electron chi connectivity index (χ4n) is 1.54. The van der Waals surface area contributed by atoms with Crippen LogP contribution in [0.15, 0.2) is 23.6 Å². The van der Waals surface area contributed by atoms with Crippen LogP contribution < -0.4 is 5.73 Å². The second-order valence-electron chi connectivity index (χ2n) is 4.34. The molecule has 86 valence electrons. The Labute approximate surface area is 99.9 Å². The van der Waals surface area contributed by atoms with Gasteiger partial charge in [-0.05, 0) is 23.8 Å². The van der Waals surface area contributed by atoms with E-state index in [-0.39, 0.29) is 0 Å². The van der Waals surface area contributed by atoms with Crippen molar-refractivity contribution in [3.05, 3.63) is 23.6 Å². The van der Waals surface area contributed by atoms with Gasteiger partial charge in [0.25, 0.3) is 0 Å². The van der Waals surface area contributed by atoms with Crippen molar-refractivity contribution in [1.82, 2.24) is 9.78 Å². The molecule has 2 aromatic rings. The van der Waals surface area contributed by atoms with Crippen LogP contribution in [0.4, 0.5) is 5.82 Å². The Morgan fingerprint density at radius 2 is 2.31 bits per heavy atom. The average Bonchev–Trinajstić information content (AvgIpc) is 2.83. The summed E-state index contributed by atoms with van der Waals surface area (Å²) in [7, 11) is 0. The molecule has 4 heteroatoms. The molecule has 0 unspecified atom stereocenters. The van der Waals surface area contributed by atoms with E-state index in [0.29, 0.717) is 5.92 Å². The van der Waals surface area contributed by atoms with E-state index >= 15 is 0 Å². The molecule has 0 saturated heterocycles. The van der Waals surface area contributed by atoms with Gasteiger partial charge in [-0.25, -0.2) is 4.68 Å². The lowest BCUT2D eigenvalue weighted by molar-refractivity contribution is 0.492. The largest absolute Gasteiger partial charge is 0.384 e. The molecule has 0 bridgehead atoms. The maximum atomic E-state index is 5.94. The first-order valence-electron chi connectivity index (χ1n) is 5.54. The zero-order chi connectivity index (χ0) is 11.5. The molecule has 0 atom stereocenters. The topological polar surface area (TPSA) is 43.8 Å². The summed E-state index contributed by atoms with van der Waals surface area (Å²) >= 11 is 1.69. The molecule has 0 amide bonds. The number of thiophene rings is 1. The molecule has 0 fully saturated rings. The third-order valence-electron chi connectivity index (χ3n) is 2.50. The fraction of sp³-hybridized carbons (Fsp3) is 0.417. The van der Waals surface area contributed by atoms with Crippen LogP contribution in [0.25, 0.3) is 10.6 Å². The third-order valence-corrected chi connectivity index (χ3v) is 3.40. The highest BCUT2D eigenvalue weighted by molar-refractivity contribution is 7.13. The predicted molar refractivity (Wildman–Crippen MR) is 69.4 cm³/mol. The van der Waals surface area contributed by atoms with E-state index in [0.717, 1.165) is 24.5 Å². The Bertz CT molecular complexity index is 443. The summed E-state index contributed by atoms with van der Waals surface area (Å²) in [5.41, 5.74) is 6.92. The van der Waals surface area contributed by atoms with E-state index in [1.54, 1.807) is 11.3 Å². The molecule has 2 aromatic heterocycles. The maximum Gasteiger partial charge on any atom is 0.122 e. The van der Waals surface area contributed by atoms with Gasteiger partial charge in [0.15, 0.2) is 0 Å². The molecule has 0 aromatic carbocycles. The molecule has 0 radical (unpaired) electrons. The van der Waals surface area contributed by atoms with Gasteiger partial charge >= 0.3 is 0 Å². The SMILES string of the molecule is CC(C)CCn1nc(-c2cccs2)cc1N. The van der Waals surface area contributed by atoms with Gasteiger partial charge in [-0.3, -0.25) is 0 Å². The molecule has 0 saturated carbocycles. The molecule has 0 aliphatic rings. The molecule has 16 heavy (non-hydrogen) atoms. The quantitative estimate of drug-likeness (QED) is 0.884. The van der Waals surface area contributed by atoms with E-state index in [4.69, 9.17) is 5.73 Å². The van der Waals surface area contributed by atoms with Crippen LogP contribution in [0.1, 0.15) is 20.3 Å². The number of aryl methyl sites for hydroxylation is 1. The van der Waals surface area contributed by atoms with Crippen molar-refractivity contribution in [3.8, 4) is 10.6 Å². The molecule has 0 aliphatic carbocycles. The van der Waals surface area contributed by atoms with E-state index in [1.807, 2.05) is 16.8 Å². The number of nitrogens with two attached hydrogens (primary N) is 1. The number of hydrogen-bond donors (Lipinski definition) is 1. The third kappa shape index (κ3) is 2.44. The van der Waals surface area contributed by atoms with Crippen LogP contribution in [-0.2, 0) is 6.54 Å². The van der Waals surface area contributed by atoms with Crippen molar-refractivity contribution in [2.45, 2.75) is 26.8 Å². The number of nitrogen functional groups attached to an aromatic ring is 1. The normalized spacial score (nSPS) is 11.2. The van der Waals surface area contributed by atoms with Crippen LogP contribution in [-0.4, -0.2) is 9.78 Å². The van der Waals surface area contributed by atoms with E-state index in [2.05, 4.69) is 30.4 Å². The Morgan fingerprint density at radius 3 is 2.94 bits per heavy atom. The van der Waals surface area contributed by atoms with Gasteiger partial charge in [-0.15, -0.1) is 11.3 Å². The highest BCUT2D eigenvalue weighted by atomic mass is 32.1. The molecular weight excluding hydrogens is 218 g/mol. The molecular formula is C12H17N3S. The summed E-state index contributed by atoms with van der Waals surface area (Å²) in [5.74, 6) is 1.43. The lowest BCUT2D eigenvalue weighted by Gasteiger charge is -2.05. The van der Waals surface area contributed by atoms with Crippen LogP contribution in [0.3, 0.4) is 0 Å². The molecule has 3 nitrogen and oxygen atoms in total. The van der Waals surface area contributed by atoms with Crippen molar-refractivity contribution < 1.29 is 0 Å². The fourth-order valence-corrected chi connectivity index (χ4v) is 2.22. The number of nitrogens with zero attached hydrogens (tertiary/aromatic N) is 2. The number of aromatic nitrogens is 2. The van der Waals surface area contributed by atoms with Crippen molar-refractivity contribution in [2.24, 2.45) is 5.92 Å². The van der Waals surface area contributed by atoms with Gasteiger partial charge in [-0.1, -0.05) is 19.9 Å². The highest BCUT2D eigenvalue weighted by Crippen LogP contribution is 2.25. The second-order valence-corrected chi connectivity index (χ2v) is 5.29. The zero-order valence-electron chi connectivity index (χ0n) is 9.68. The monoisotopic (exact) mass is 235 g/mol. The minimum absolute atomic E-state index is 0.675. The molecule has 0 spiro atoms. The van der Waals surface area contributed by atoms with Crippen molar-refractivity contribution >= 4 is 17.2 Å². The van der Waals surface area contributed by atoms with Crippen LogP contribution >= 0.6 is 11.3 Å². The first kappa shape index (κ1) is 11.2. The van der Waals surface area contributed by atoms with Crippen LogP contribution in [0, 0.1) is 5.92 Å². The molecule has 0 aliphatic heterocycles. The van der Waals surface area contributed by atoms with Crippen LogP contribution in [0.2, 0.25) is 0 Å². The first-order valence-corrected chi connectivity index (χ1v) is 6.42. The summed E-state index contributed by atoms with van der Waals surface area (Å²) in [4.78, 5) is 1.18. The predicted octanol–water partition coefficient (Wildman–Crippen LogP) is 3.24. The van der Waals surface area contributed by atoms with Crippen molar-refractivity contribution in [1.29, 1.82) is 0 Å². The summed E-state index contributed by atoms with van der Waals surface area (Å²) in [6.45, 7) is 5.31. The lowest BCUT2D eigenvalue weighted by atomic mass is 10.1. The van der Waals surface area contributed by atoms with Gasteiger partial charge in [0.1, 0.15) is 11.5 Å². The van der Waals surface area contributed by atoms with Crippen molar-refractivity contribution in [2.75, 3.05) is 5.73 Å². The van der Waals surface area contributed by atoms with E-state index in [1.165, 1.54) is 4.88 Å². The Hall–Kier alpha value is -1.29. The van der Waals surface area contributed by atoms with Gasteiger partial charge < -0.3 is 5.73 Å². The standard InChI is InChI=1S/C12H17N3S/c1-9(2)5-6-15-12(13)8-10(14-15)11-4-3-7-16-11/h3-4,7-9H,5-6,13H2,1-2H3. The maximum absolute atomic E-state index is 5.94.